The first-order valence-electron chi connectivity index (χ1n) is 20.1. The molecule has 272 valence electrons. The van der Waals surface area contributed by atoms with E-state index >= 15 is 0 Å². The van der Waals surface area contributed by atoms with Gasteiger partial charge in [0.2, 0.25) is 5.95 Å². The lowest BCUT2D eigenvalue weighted by atomic mass is 9.95. The Hall–Kier alpha value is -7.60. The quantitative estimate of drug-likeness (QED) is 0.168. The zero-order chi connectivity index (χ0) is 38.3. The molecule has 0 fully saturated rings. The number of rotatable bonds is 3. The maximum absolute atomic E-state index is 5.74. The summed E-state index contributed by atoms with van der Waals surface area (Å²) in [6.45, 7) is 0. The first kappa shape index (κ1) is 31.5. The topological polar surface area (TPSA) is 35.1 Å². The molecule has 0 saturated carbocycles. The minimum absolute atomic E-state index is 0.663. The van der Waals surface area contributed by atoms with Crippen LogP contribution in [-0.4, -0.2) is 18.9 Å². The highest BCUT2D eigenvalue weighted by molar-refractivity contribution is 7.26. The van der Waals surface area contributed by atoms with Crippen LogP contribution in [0.4, 0.5) is 0 Å². The zero-order valence-corrected chi connectivity index (χ0v) is 32.3. The van der Waals surface area contributed by atoms with E-state index in [1.54, 1.807) is 0 Å². The van der Waals surface area contributed by atoms with Gasteiger partial charge in [-0.1, -0.05) is 152 Å². The van der Waals surface area contributed by atoms with Crippen LogP contribution in [0.1, 0.15) is 0 Å². The van der Waals surface area contributed by atoms with Crippen LogP contribution in [0.2, 0.25) is 0 Å². The van der Waals surface area contributed by atoms with Crippen molar-refractivity contribution >= 4 is 113 Å². The number of para-hydroxylation sites is 2. The van der Waals surface area contributed by atoms with Crippen molar-refractivity contribution in [1.82, 2.24) is 18.9 Å². The highest BCUT2D eigenvalue weighted by Gasteiger charge is 2.27. The van der Waals surface area contributed by atoms with Crippen molar-refractivity contribution in [2.45, 2.75) is 0 Å². The molecular formula is C54H30N4S. The number of nitrogens with zero attached hydrogens (tertiary/aromatic N) is 4. The Morgan fingerprint density at radius 2 is 1.08 bits per heavy atom. The molecule has 0 radical (unpaired) electrons. The third-order valence-corrected chi connectivity index (χ3v) is 13.8. The zero-order valence-electron chi connectivity index (χ0n) is 31.5. The normalized spacial score (nSPS) is 12.4. The van der Waals surface area contributed by atoms with Crippen molar-refractivity contribution in [3.8, 4) is 28.3 Å². The summed E-state index contributed by atoms with van der Waals surface area (Å²) in [6.07, 6.45) is 0. The van der Waals surface area contributed by atoms with E-state index in [0.29, 0.717) is 5.95 Å². The monoisotopic (exact) mass is 766 g/mol. The van der Waals surface area contributed by atoms with E-state index in [1.165, 1.54) is 69.0 Å². The van der Waals surface area contributed by atoms with Crippen LogP contribution in [0.3, 0.4) is 0 Å². The number of fused-ring (bicyclic) bond motifs is 12. The molecule has 0 aliphatic rings. The van der Waals surface area contributed by atoms with E-state index in [9.17, 15) is 0 Å². The van der Waals surface area contributed by atoms with Crippen molar-refractivity contribution in [2.24, 2.45) is 0 Å². The summed E-state index contributed by atoms with van der Waals surface area (Å²) in [7, 11) is 0. The predicted molar refractivity (Wildman–Crippen MR) is 250 cm³/mol. The van der Waals surface area contributed by atoms with Crippen LogP contribution < -0.4 is 0 Å². The van der Waals surface area contributed by atoms with Crippen LogP contribution in [0.5, 0.6) is 0 Å². The summed E-state index contributed by atoms with van der Waals surface area (Å²) in [5.74, 6) is 0.663. The van der Waals surface area contributed by atoms with Gasteiger partial charge in [-0.05, 0) is 52.2 Å². The fourth-order valence-electron chi connectivity index (χ4n) is 10.2. The minimum Gasteiger partial charge on any atom is -0.308 e. The molecule has 0 spiro atoms. The average molecular weight is 767 g/mol. The van der Waals surface area contributed by atoms with Crippen molar-refractivity contribution in [2.75, 3.05) is 0 Å². The van der Waals surface area contributed by atoms with Gasteiger partial charge in [0.25, 0.3) is 0 Å². The molecule has 14 aromatic rings. The molecule has 59 heavy (non-hydrogen) atoms. The molecule has 4 nitrogen and oxygen atoms in total. The van der Waals surface area contributed by atoms with Gasteiger partial charge in [-0.3, -0.25) is 4.57 Å². The van der Waals surface area contributed by atoms with Crippen molar-refractivity contribution in [3.05, 3.63) is 182 Å². The first-order chi connectivity index (χ1) is 29.3. The molecule has 0 aliphatic carbocycles. The average Bonchev–Trinajstić information content (AvgIpc) is 3.94. The van der Waals surface area contributed by atoms with Gasteiger partial charge in [0.05, 0.1) is 43.5 Å². The van der Waals surface area contributed by atoms with E-state index in [-0.39, 0.29) is 0 Å². The summed E-state index contributed by atoms with van der Waals surface area (Å²) in [5.41, 5.74) is 11.1. The van der Waals surface area contributed by atoms with E-state index < -0.39 is 0 Å². The van der Waals surface area contributed by atoms with Gasteiger partial charge in [0, 0.05) is 58.7 Å². The second kappa shape index (κ2) is 11.5. The van der Waals surface area contributed by atoms with E-state index in [1.807, 2.05) is 11.3 Å². The highest BCUT2D eigenvalue weighted by atomic mass is 32.1. The SMILES string of the molecule is c1ccc(-c2ccccc2-c2nc(-n3c4cccc5c6cccc7c8ccccc8n(c8cc9c%10ccccc%10sc9c3c8c54)c67)nc3c2ccc2ccccc23)cc1. The second-order valence-electron chi connectivity index (χ2n) is 15.7. The van der Waals surface area contributed by atoms with Crippen LogP contribution >= 0.6 is 11.3 Å². The molecule has 5 heterocycles. The van der Waals surface area contributed by atoms with Crippen molar-refractivity contribution in [1.29, 1.82) is 0 Å². The molecule has 5 aromatic heterocycles. The maximum Gasteiger partial charge on any atom is 0.235 e. The van der Waals surface area contributed by atoms with Crippen LogP contribution in [0.15, 0.2) is 182 Å². The number of benzene rings is 9. The number of aromatic nitrogens is 4. The van der Waals surface area contributed by atoms with Gasteiger partial charge in [-0.15, -0.1) is 11.3 Å². The Kier molecular flexibility index (Phi) is 6.14. The van der Waals surface area contributed by atoms with Crippen molar-refractivity contribution in [3.63, 3.8) is 0 Å². The molecule has 14 rings (SSSR count). The molecular weight excluding hydrogens is 737 g/mol. The summed E-state index contributed by atoms with van der Waals surface area (Å²) < 4.78 is 7.43. The highest BCUT2D eigenvalue weighted by Crippen LogP contribution is 2.49. The largest absolute Gasteiger partial charge is 0.308 e. The number of thiophene rings is 1. The number of hydrogen-bond acceptors (Lipinski definition) is 3. The Bertz CT molecular complexity index is 4080. The van der Waals surface area contributed by atoms with Gasteiger partial charge in [0.15, 0.2) is 0 Å². The molecule has 0 aliphatic heterocycles. The maximum atomic E-state index is 5.74. The minimum atomic E-state index is 0.663. The standard InChI is InChI=1S/C54H30N4S/c1-2-14-31(15-3-1)33-17-6-7-21-38(33)50-41-29-28-32-16-4-5-18-34(32)49(41)55-54(56-50)58-44-26-13-22-37-40-24-12-23-39-35-19-8-10-25-43(35)57(51(39)40)45-30-42-36-20-9-11-27-46(36)59-53(42)52(58)48(45)47(37)44/h1-30H. The number of hydrogen-bond donors (Lipinski definition) is 0. The molecule has 0 saturated heterocycles. The molecule has 0 N–H and O–H groups in total. The lowest BCUT2D eigenvalue weighted by Crippen LogP contribution is -2.04. The lowest BCUT2D eigenvalue weighted by molar-refractivity contribution is 1.02. The van der Waals surface area contributed by atoms with Gasteiger partial charge in [0.1, 0.15) is 0 Å². The van der Waals surface area contributed by atoms with Crippen LogP contribution in [-0.2, 0) is 0 Å². The van der Waals surface area contributed by atoms with Gasteiger partial charge in [-0.2, -0.15) is 0 Å². The summed E-state index contributed by atoms with van der Waals surface area (Å²) in [5, 5.41) is 13.2. The van der Waals surface area contributed by atoms with Crippen LogP contribution in [0, 0.1) is 0 Å². The molecule has 0 unspecified atom stereocenters. The Morgan fingerprint density at radius 3 is 1.98 bits per heavy atom. The van der Waals surface area contributed by atoms with E-state index in [2.05, 4.69) is 191 Å². The second-order valence-corrected chi connectivity index (χ2v) is 16.7. The van der Waals surface area contributed by atoms with Gasteiger partial charge >= 0.3 is 0 Å². The van der Waals surface area contributed by atoms with Crippen LogP contribution in [0.25, 0.3) is 130 Å². The van der Waals surface area contributed by atoms with Crippen molar-refractivity contribution < 1.29 is 0 Å². The summed E-state index contributed by atoms with van der Waals surface area (Å²) >= 11 is 1.86. The summed E-state index contributed by atoms with van der Waals surface area (Å²) in [6, 6.07) is 66.1. The Morgan fingerprint density at radius 1 is 0.407 bits per heavy atom. The molecule has 0 atom stereocenters. The molecule has 0 bridgehead atoms. The fourth-order valence-corrected chi connectivity index (χ4v) is 11.4. The Balaban J connectivity index is 1.25. The molecule has 0 amide bonds. The smallest absolute Gasteiger partial charge is 0.235 e. The predicted octanol–water partition coefficient (Wildman–Crippen LogP) is 14.7. The molecule has 5 heteroatoms. The third-order valence-electron chi connectivity index (χ3n) is 12.7. The van der Waals surface area contributed by atoms with Gasteiger partial charge < -0.3 is 4.40 Å². The third kappa shape index (κ3) is 4.11. The molecule has 9 aromatic carbocycles. The fraction of sp³-hybridized carbons (Fsp3) is 0. The first-order valence-corrected chi connectivity index (χ1v) is 20.9. The lowest BCUT2D eigenvalue weighted by Gasteiger charge is -2.16. The Labute approximate surface area is 340 Å². The van der Waals surface area contributed by atoms with E-state index in [0.717, 1.165) is 55.1 Å². The summed E-state index contributed by atoms with van der Waals surface area (Å²) in [4.78, 5) is 11.4. The van der Waals surface area contributed by atoms with Gasteiger partial charge in [-0.25, -0.2) is 9.97 Å². The van der Waals surface area contributed by atoms with E-state index in [4.69, 9.17) is 9.97 Å².